The van der Waals surface area contributed by atoms with Gasteiger partial charge >= 0.3 is 0 Å². The van der Waals surface area contributed by atoms with Crippen molar-refractivity contribution in [3.63, 3.8) is 0 Å². The summed E-state index contributed by atoms with van der Waals surface area (Å²) in [4.78, 5) is 8.09. The van der Waals surface area contributed by atoms with Crippen LogP contribution in [0, 0.1) is 0 Å². The Morgan fingerprint density at radius 2 is 1.68 bits per heavy atom. The van der Waals surface area contributed by atoms with Crippen LogP contribution in [0.4, 0.5) is 0 Å². The summed E-state index contributed by atoms with van der Waals surface area (Å²) in [6.07, 6.45) is -1.68. The molecule has 144 valence electrons. The summed E-state index contributed by atoms with van der Waals surface area (Å²) in [5.41, 5.74) is 0.511. The lowest BCUT2D eigenvalue weighted by atomic mass is 10.1. The minimum Gasteiger partial charge on any atom is -0.394 e. The molecule has 0 aliphatic heterocycles. The first-order valence-electron chi connectivity index (χ1n) is 8.30. The number of aliphatic hydroxyl groups excluding tert-OH is 6. The number of hydrogen-bond donors (Lipinski definition) is 6. The van der Waals surface area contributed by atoms with Gasteiger partial charge in [0.2, 0.25) is 0 Å². The molecule has 0 saturated carbocycles. The maximum atomic E-state index is 9.91. The van der Waals surface area contributed by atoms with Crippen molar-refractivity contribution in [3.8, 4) is 0 Å². The summed E-state index contributed by atoms with van der Waals surface area (Å²) in [6.45, 7) is 1.33. The molecule has 6 N–H and O–H groups in total. The van der Waals surface area contributed by atoms with Crippen molar-refractivity contribution in [2.24, 2.45) is 0 Å². The Balaban J connectivity index is 2.72. The third-order valence-electron chi connectivity index (χ3n) is 3.79. The molecule has 0 bridgehead atoms. The minimum atomic E-state index is -1.59. The molecule has 0 aliphatic rings. The normalized spacial score (nSPS) is 17.7. The van der Waals surface area contributed by atoms with Crippen molar-refractivity contribution in [3.05, 3.63) is 23.8 Å². The van der Waals surface area contributed by atoms with Gasteiger partial charge in [0.1, 0.15) is 24.4 Å². The molecule has 0 unspecified atom stereocenters. The van der Waals surface area contributed by atoms with Crippen LogP contribution in [-0.4, -0.2) is 84.8 Å². The molecular formula is C16H28N2O7. The Hall–Kier alpha value is -1.20. The molecule has 0 saturated heterocycles. The summed E-state index contributed by atoms with van der Waals surface area (Å²) in [6, 6.07) is 0. The topological polar surface area (TPSA) is 156 Å². The quantitative estimate of drug-likeness (QED) is 0.239. The molecule has 0 aromatic carbocycles. The van der Waals surface area contributed by atoms with Gasteiger partial charge in [-0.3, -0.25) is 9.97 Å². The number of aromatic nitrogens is 2. The lowest BCUT2D eigenvalue weighted by Crippen LogP contribution is -2.35. The van der Waals surface area contributed by atoms with E-state index in [1.807, 2.05) is 6.92 Å². The van der Waals surface area contributed by atoms with Crippen LogP contribution in [0.3, 0.4) is 0 Å². The minimum absolute atomic E-state index is 0.0370. The van der Waals surface area contributed by atoms with E-state index < -0.39 is 43.7 Å². The van der Waals surface area contributed by atoms with Crippen molar-refractivity contribution in [1.82, 2.24) is 9.97 Å². The first-order chi connectivity index (χ1) is 11.9. The summed E-state index contributed by atoms with van der Waals surface area (Å²) in [7, 11) is 0. The Morgan fingerprint density at radius 1 is 1.00 bits per heavy atom. The standard InChI is InChI=1S/C16H28N2O7/c1-2-3-4-25-14(12(21)8-19)5-10-6-18-11(7-17-10)15(23)16(24)13(22)9-20/h6-7,12-16,19-24H,2-5,8-9H2,1H3/t12-,13+,14-,15+,16+/m0/s1. The molecule has 25 heavy (non-hydrogen) atoms. The van der Waals surface area contributed by atoms with E-state index in [0.717, 1.165) is 12.8 Å². The summed E-state index contributed by atoms with van der Waals surface area (Å²) < 4.78 is 5.57. The highest BCUT2D eigenvalue weighted by Gasteiger charge is 2.27. The highest BCUT2D eigenvalue weighted by molar-refractivity contribution is 5.08. The smallest absolute Gasteiger partial charge is 0.126 e. The molecule has 1 aromatic heterocycles. The fourth-order valence-electron chi connectivity index (χ4n) is 2.13. The van der Waals surface area contributed by atoms with Crippen LogP contribution < -0.4 is 0 Å². The van der Waals surface area contributed by atoms with E-state index in [9.17, 15) is 20.4 Å². The van der Waals surface area contributed by atoms with Crippen molar-refractivity contribution >= 4 is 0 Å². The van der Waals surface area contributed by atoms with Gasteiger partial charge in [-0.25, -0.2) is 0 Å². The summed E-state index contributed by atoms with van der Waals surface area (Å²) in [5, 5.41) is 56.7. The molecule has 0 amide bonds. The van der Waals surface area contributed by atoms with E-state index in [-0.39, 0.29) is 12.1 Å². The third kappa shape index (κ3) is 6.90. The first-order valence-corrected chi connectivity index (χ1v) is 8.30. The van der Waals surface area contributed by atoms with Crippen LogP contribution in [0.15, 0.2) is 12.4 Å². The lowest BCUT2D eigenvalue weighted by Gasteiger charge is -2.22. The fraction of sp³-hybridized carbons (Fsp3) is 0.750. The van der Waals surface area contributed by atoms with Crippen LogP contribution in [0.25, 0.3) is 0 Å². The van der Waals surface area contributed by atoms with Gasteiger partial charge in [0, 0.05) is 19.2 Å². The average molecular weight is 360 g/mol. The predicted molar refractivity (Wildman–Crippen MR) is 87.5 cm³/mol. The van der Waals surface area contributed by atoms with E-state index in [1.54, 1.807) is 0 Å². The largest absolute Gasteiger partial charge is 0.394 e. The van der Waals surface area contributed by atoms with Gasteiger partial charge in [-0.15, -0.1) is 0 Å². The maximum absolute atomic E-state index is 9.91. The summed E-state index contributed by atoms with van der Waals surface area (Å²) in [5.74, 6) is 0. The second kappa shape index (κ2) is 11.4. The second-order valence-corrected chi connectivity index (χ2v) is 5.83. The number of aliphatic hydroxyl groups is 6. The monoisotopic (exact) mass is 360 g/mol. The number of hydrogen-bond acceptors (Lipinski definition) is 9. The summed E-state index contributed by atoms with van der Waals surface area (Å²) >= 11 is 0. The molecule has 9 heteroatoms. The van der Waals surface area contributed by atoms with Crippen LogP contribution in [0.2, 0.25) is 0 Å². The van der Waals surface area contributed by atoms with E-state index in [0.29, 0.717) is 12.3 Å². The third-order valence-corrected chi connectivity index (χ3v) is 3.79. The van der Waals surface area contributed by atoms with Crippen molar-refractivity contribution in [2.75, 3.05) is 19.8 Å². The van der Waals surface area contributed by atoms with Crippen LogP contribution >= 0.6 is 0 Å². The van der Waals surface area contributed by atoms with Gasteiger partial charge in [-0.1, -0.05) is 13.3 Å². The predicted octanol–water partition coefficient (Wildman–Crippen LogP) is -1.69. The zero-order valence-corrected chi connectivity index (χ0v) is 14.3. The number of rotatable bonds is 12. The van der Waals surface area contributed by atoms with Crippen molar-refractivity contribution < 1.29 is 35.4 Å². The molecule has 0 spiro atoms. The molecule has 0 fully saturated rings. The molecule has 9 nitrogen and oxygen atoms in total. The Morgan fingerprint density at radius 3 is 2.20 bits per heavy atom. The first kappa shape index (κ1) is 21.8. The SMILES string of the molecule is CCCCO[C@@H](Cc1cnc([C@@H](O)[C@H](O)[C@H](O)CO)cn1)[C@@H](O)CO. The van der Waals surface area contributed by atoms with Gasteiger partial charge in [0.05, 0.1) is 36.9 Å². The van der Waals surface area contributed by atoms with E-state index in [4.69, 9.17) is 14.9 Å². The molecule has 1 heterocycles. The van der Waals surface area contributed by atoms with Gasteiger partial charge in [-0.05, 0) is 6.42 Å². The van der Waals surface area contributed by atoms with Gasteiger partial charge in [0.25, 0.3) is 0 Å². The molecule has 1 rings (SSSR count). The molecule has 1 aromatic rings. The highest BCUT2D eigenvalue weighted by Crippen LogP contribution is 2.17. The molecule has 0 aliphatic carbocycles. The zero-order chi connectivity index (χ0) is 18.8. The number of nitrogens with zero attached hydrogens (tertiary/aromatic N) is 2. The Kier molecular flexibility index (Phi) is 9.98. The van der Waals surface area contributed by atoms with Crippen molar-refractivity contribution in [2.45, 2.75) is 56.7 Å². The van der Waals surface area contributed by atoms with Gasteiger partial charge in [0.15, 0.2) is 0 Å². The van der Waals surface area contributed by atoms with Gasteiger partial charge in [-0.2, -0.15) is 0 Å². The number of unbranched alkanes of at least 4 members (excludes halogenated alkanes) is 1. The highest BCUT2D eigenvalue weighted by atomic mass is 16.5. The Labute approximate surface area is 146 Å². The van der Waals surface area contributed by atoms with E-state index in [2.05, 4.69) is 9.97 Å². The molecule has 0 radical (unpaired) electrons. The molecule has 5 atom stereocenters. The second-order valence-electron chi connectivity index (χ2n) is 5.83. The fourth-order valence-corrected chi connectivity index (χ4v) is 2.13. The maximum Gasteiger partial charge on any atom is 0.126 e. The van der Waals surface area contributed by atoms with Crippen molar-refractivity contribution in [1.29, 1.82) is 0 Å². The zero-order valence-electron chi connectivity index (χ0n) is 14.3. The van der Waals surface area contributed by atoms with E-state index >= 15 is 0 Å². The molecular weight excluding hydrogens is 332 g/mol. The van der Waals surface area contributed by atoms with Crippen LogP contribution in [0.5, 0.6) is 0 Å². The average Bonchev–Trinajstić information content (AvgIpc) is 2.65. The Bertz CT molecular complexity index is 474. The van der Waals surface area contributed by atoms with Crippen LogP contribution in [-0.2, 0) is 11.2 Å². The number of ether oxygens (including phenoxy) is 1. The van der Waals surface area contributed by atoms with E-state index in [1.165, 1.54) is 12.4 Å². The lowest BCUT2D eigenvalue weighted by molar-refractivity contribution is -0.0791. The van der Waals surface area contributed by atoms with Gasteiger partial charge < -0.3 is 35.4 Å². The van der Waals surface area contributed by atoms with Crippen LogP contribution in [0.1, 0.15) is 37.3 Å².